The van der Waals surface area contributed by atoms with E-state index in [9.17, 15) is 0 Å². The van der Waals surface area contributed by atoms with Gasteiger partial charge in [0.15, 0.2) is 0 Å². The van der Waals surface area contributed by atoms with Crippen LogP contribution in [0.5, 0.6) is 0 Å². The highest BCUT2D eigenvalue weighted by Gasteiger charge is 2.02. The highest BCUT2D eigenvalue weighted by molar-refractivity contribution is 5.80. The molecule has 0 unspecified atom stereocenters. The maximum atomic E-state index is 5.71. The molecule has 0 aliphatic rings. The quantitative estimate of drug-likeness (QED) is 0.775. The summed E-state index contributed by atoms with van der Waals surface area (Å²) in [5.74, 6) is 0. The molecule has 3 aromatic rings. The van der Waals surface area contributed by atoms with Gasteiger partial charge in [-0.2, -0.15) is 0 Å². The number of nitrogens with zero attached hydrogens (tertiary/aromatic N) is 2. The van der Waals surface area contributed by atoms with Gasteiger partial charge in [0.1, 0.15) is 0 Å². The largest absolute Gasteiger partial charge is 0.347 e. The fourth-order valence-corrected chi connectivity index (χ4v) is 2.33. The molecule has 0 atom stereocenters. The number of fused-ring (bicyclic) bond motifs is 1. The molecule has 3 heteroatoms. The standard InChI is InChI=1S/C16H17N3/c17-12-13-4-5-14-6-9-19(16(14)11-13)10-7-15-3-1-2-8-18-15/h1-6,8-9,11H,7,10,12,17H2. The van der Waals surface area contributed by atoms with Gasteiger partial charge in [-0.05, 0) is 35.2 Å². The average Bonchev–Trinajstić information content (AvgIpc) is 2.88. The summed E-state index contributed by atoms with van der Waals surface area (Å²) < 4.78 is 2.27. The second-order valence-corrected chi connectivity index (χ2v) is 4.68. The van der Waals surface area contributed by atoms with Gasteiger partial charge < -0.3 is 10.3 Å². The van der Waals surface area contributed by atoms with Crippen LogP contribution in [0.3, 0.4) is 0 Å². The zero-order valence-corrected chi connectivity index (χ0v) is 10.8. The van der Waals surface area contributed by atoms with E-state index in [4.69, 9.17) is 5.73 Å². The van der Waals surface area contributed by atoms with Crippen LogP contribution in [0.2, 0.25) is 0 Å². The lowest BCUT2D eigenvalue weighted by atomic mass is 10.1. The van der Waals surface area contributed by atoms with Crippen molar-refractivity contribution in [1.82, 2.24) is 9.55 Å². The molecule has 3 rings (SSSR count). The molecule has 0 saturated heterocycles. The number of aromatic nitrogens is 2. The second-order valence-electron chi connectivity index (χ2n) is 4.68. The number of aryl methyl sites for hydroxylation is 2. The Morgan fingerprint density at radius 3 is 2.84 bits per heavy atom. The molecule has 2 aromatic heterocycles. The normalized spacial score (nSPS) is 11.0. The fourth-order valence-electron chi connectivity index (χ4n) is 2.33. The van der Waals surface area contributed by atoms with Crippen LogP contribution in [-0.2, 0) is 19.5 Å². The SMILES string of the molecule is NCc1ccc2ccn(CCc3ccccn3)c2c1. The van der Waals surface area contributed by atoms with Crippen LogP contribution < -0.4 is 5.73 Å². The summed E-state index contributed by atoms with van der Waals surface area (Å²) in [6.45, 7) is 1.52. The number of hydrogen-bond donors (Lipinski definition) is 1. The summed E-state index contributed by atoms with van der Waals surface area (Å²) in [4.78, 5) is 4.36. The third-order valence-corrected chi connectivity index (χ3v) is 3.41. The molecule has 0 amide bonds. The van der Waals surface area contributed by atoms with Crippen LogP contribution in [0.25, 0.3) is 10.9 Å². The smallest absolute Gasteiger partial charge is 0.0483 e. The Morgan fingerprint density at radius 1 is 1.11 bits per heavy atom. The topological polar surface area (TPSA) is 43.8 Å². The number of pyridine rings is 1. The maximum Gasteiger partial charge on any atom is 0.0483 e. The molecule has 19 heavy (non-hydrogen) atoms. The zero-order chi connectivity index (χ0) is 13.1. The Kier molecular flexibility index (Phi) is 3.29. The number of benzene rings is 1. The fraction of sp³-hybridized carbons (Fsp3) is 0.188. The van der Waals surface area contributed by atoms with Crippen molar-refractivity contribution in [2.45, 2.75) is 19.5 Å². The van der Waals surface area contributed by atoms with Gasteiger partial charge >= 0.3 is 0 Å². The third-order valence-electron chi connectivity index (χ3n) is 3.41. The molecule has 2 heterocycles. The Balaban J connectivity index is 1.84. The van der Waals surface area contributed by atoms with Crippen LogP contribution >= 0.6 is 0 Å². The first-order valence-electron chi connectivity index (χ1n) is 6.54. The molecule has 0 aliphatic heterocycles. The molecular formula is C16H17N3. The zero-order valence-electron chi connectivity index (χ0n) is 10.8. The van der Waals surface area contributed by atoms with Crippen molar-refractivity contribution in [2.75, 3.05) is 0 Å². The predicted molar refractivity (Wildman–Crippen MR) is 77.8 cm³/mol. The minimum Gasteiger partial charge on any atom is -0.347 e. The third kappa shape index (κ3) is 2.51. The molecule has 3 nitrogen and oxygen atoms in total. The van der Waals surface area contributed by atoms with E-state index in [1.54, 1.807) is 0 Å². The van der Waals surface area contributed by atoms with E-state index in [1.807, 2.05) is 18.3 Å². The van der Waals surface area contributed by atoms with E-state index < -0.39 is 0 Å². The first kappa shape index (κ1) is 11.9. The molecule has 0 radical (unpaired) electrons. The van der Waals surface area contributed by atoms with Crippen LogP contribution in [0.4, 0.5) is 0 Å². The Hall–Kier alpha value is -2.13. The molecule has 96 valence electrons. The number of nitrogens with two attached hydrogens (primary N) is 1. The first-order valence-corrected chi connectivity index (χ1v) is 6.54. The highest BCUT2D eigenvalue weighted by Crippen LogP contribution is 2.18. The maximum absolute atomic E-state index is 5.71. The molecule has 2 N–H and O–H groups in total. The monoisotopic (exact) mass is 251 g/mol. The van der Waals surface area contributed by atoms with Crippen molar-refractivity contribution in [1.29, 1.82) is 0 Å². The summed E-state index contributed by atoms with van der Waals surface area (Å²) in [5, 5.41) is 1.26. The lowest BCUT2D eigenvalue weighted by Crippen LogP contribution is -2.02. The first-order chi connectivity index (χ1) is 9.36. The summed E-state index contributed by atoms with van der Waals surface area (Å²) in [5.41, 5.74) is 9.25. The molecular weight excluding hydrogens is 234 g/mol. The molecule has 0 spiro atoms. The summed E-state index contributed by atoms with van der Waals surface area (Å²) in [6, 6.07) is 14.6. The van der Waals surface area contributed by atoms with Gasteiger partial charge in [-0.25, -0.2) is 0 Å². The van der Waals surface area contributed by atoms with Crippen LogP contribution in [0.1, 0.15) is 11.3 Å². The van der Waals surface area contributed by atoms with Crippen molar-refractivity contribution in [2.24, 2.45) is 5.73 Å². The number of hydrogen-bond acceptors (Lipinski definition) is 2. The molecule has 0 bridgehead atoms. The minimum absolute atomic E-state index is 0.585. The Bertz CT molecular complexity index is 671. The van der Waals surface area contributed by atoms with Crippen LogP contribution in [0, 0.1) is 0 Å². The van der Waals surface area contributed by atoms with E-state index in [2.05, 4.69) is 46.1 Å². The number of rotatable bonds is 4. The lowest BCUT2D eigenvalue weighted by molar-refractivity contribution is 0.710. The van der Waals surface area contributed by atoms with Crippen molar-refractivity contribution in [3.8, 4) is 0 Å². The average molecular weight is 251 g/mol. The van der Waals surface area contributed by atoms with Gasteiger partial charge in [0, 0.05) is 43.1 Å². The van der Waals surface area contributed by atoms with Crippen molar-refractivity contribution >= 4 is 10.9 Å². The van der Waals surface area contributed by atoms with E-state index in [1.165, 1.54) is 16.5 Å². The van der Waals surface area contributed by atoms with E-state index in [0.717, 1.165) is 18.7 Å². The molecule has 0 fully saturated rings. The van der Waals surface area contributed by atoms with Gasteiger partial charge in [-0.3, -0.25) is 4.98 Å². The summed E-state index contributed by atoms with van der Waals surface area (Å²) in [6.07, 6.45) is 4.92. The van der Waals surface area contributed by atoms with Crippen LogP contribution in [0.15, 0.2) is 54.9 Å². The Labute approximate surface area is 112 Å². The van der Waals surface area contributed by atoms with Gasteiger partial charge in [0.25, 0.3) is 0 Å². The Morgan fingerprint density at radius 2 is 2.05 bits per heavy atom. The van der Waals surface area contributed by atoms with Gasteiger partial charge in [-0.1, -0.05) is 18.2 Å². The van der Waals surface area contributed by atoms with Crippen molar-refractivity contribution in [3.05, 3.63) is 66.1 Å². The second kappa shape index (κ2) is 5.24. The molecule has 0 aliphatic carbocycles. The molecule has 0 saturated carbocycles. The van der Waals surface area contributed by atoms with Gasteiger partial charge in [-0.15, -0.1) is 0 Å². The highest BCUT2D eigenvalue weighted by atomic mass is 15.0. The van der Waals surface area contributed by atoms with Gasteiger partial charge in [0.05, 0.1) is 0 Å². The summed E-state index contributed by atoms with van der Waals surface area (Å²) >= 11 is 0. The van der Waals surface area contributed by atoms with E-state index >= 15 is 0 Å². The summed E-state index contributed by atoms with van der Waals surface area (Å²) in [7, 11) is 0. The minimum atomic E-state index is 0.585. The van der Waals surface area contributed by atoms with Gasteiger partial charge in [0.2, 0.25) is 0 Å². The van der Waals surface area contributed by atoms with E-state index in [-0.39, 0.29) is 0 Å². The van der Waals surface area contributed by atoms with Crippen molar-refractivity contribution < 1.29 is 0 Å². The van der Waals surface area contributed by atoms with Crippen molar-refractivity contribution in [3.63, 3.8) is 0 Å². The molecule has 1 aromatic carbocycles. The predicted octanol–water partition coefficient (Wildman–Crippen LogP) is 2.74. The lowest BCUT2D eigenvalue weighted by Gasteiger charge is -2.06. The van der Waals surface area contributed by atoms with Crippen LogP contribution in [-0.4, -0.2) is 9.55 Å². The van der Waals surface area contributed by atoms with E-state index in [0.29, 0.717) is 6.54 Å².